The van der Waals surface area contributed by atoms with E-state index in [4.69, 9.17) is 5.84 Å². The molecule has 0 aromatic carbocycles. The van der Waals surface area contributed by atoms with Gasteiger partial charge in [-0.2, -0.15) is 0 Å². The number of hydrogen-bond donors (Lipinski definition) is 3. The summed E-state index contributed by atoms with van der Waals surface area (Å²) in [7, 11) is 0. The highest BCUT2D eigenvalue weighted by Crippen LogP contribution is 2.34. The lowest BCUT2D eigenvalue weighted by molar-refractivity contribution is -0.132. The predicted octanol–water partition coefficient (Wildman–Crippen LogP) is 1.18. The number of carbonyl (C=O) groups is 2. The van der Waals surface area contributed by atoms with Crippen LogP contribution in [0.25, 0.3) is 0 Å². The lowest BCUT2D eigenvalue weighted by atomic mass is 9.82. The third kappa shape index (κ3) is 2.14. The zero-order valence-corrected chi connectivity index (χ0v) is 11.8. The van der Waals surface area contributed by atoms with Crippen molar-refractivity contribution in [3.63, 3.8) is 0 Å². The Morgan fingerprint density at radius 3 is 2.80 bits per heavy atom. The maximum atomic E-state index is 12.6. The van der Waals surface area contributed by atoms with Gasteiger partial charge in [0.2, 0.25) is 0 Å². The number of nitrogens with one attached hydrogen (secondary N) is 2. The summed E-state index contributed by atoms with van der Waals surface area (Å²) in [6.45, 7) is 0.256. The maximum Gasteiger partial charge on any atom is 0.325 e. The van der Waals surface area contributed by atoms with Gasteiger partial charge >= 0.3 is 6.03 Å². The van der Waals surface area contributed by atoms with Crippen molar-refractivity contribution in [2.45, 2.75) is 44.2 Å². The van der Waals surface area contributed by atoms with Crippen molar-refractivity contribution in [3.05, 3.63) is 11.1 Å². The second-order valence-electron chi connectivity index (χ2n) is 5.24. The van der Waals surface area contributed by atoms with Gasteiger partial charge in [-0.15, -0.1) is 0 Å². The molecule has 0 bridgehead atoms. The number of hydrazine groups is 1. The third-order valence-electron chi connectivity index (χ3n) is 3.94. The molecule has 2 fully saturated rings. The molecule has 8 heteroatoms. The SMILES string of the molecule is NNc1ncc(CN2C(=O)NC3(CCCCC3)C2=O)s1. The van der Waals surface area contributed by atoms with Gasteiger partial charge in [0.25, 0.3) is 5.91 Å². The first-order valence-electron chi connectivity index (χ1n) is 6.70. The van der Waals surface area contributed by atoms with Crippen molar-refractivity contribution < 1.29 is 9.59 Å². The van der Waals surface area contributed by atoms with E-state index >= 15 is 0 Å². The average molecular weight is 295 g/mol. The van der Waals surface area contributed by atoms with E-state index < -0.39 is 5.54 Å². The van der Waals surface area contributed by atoms with Crippen LogP contribution >= 0.6 is 11.3 Å². The van der Waals surface area contributed by atoms with Crippen LogP contribution in [0.1, 0.15) is 37.0 Å². The molecule has 0 unspecified atom stereocenters. The largest absolute Gasteiger partial charge is 0.325 e. The number of urea groups is 1. The summed E-state index contributed by atoms with van der Waals surface area (Å²) in [5.41, 5.74) is 1.80. The Bertz CT molecular complexity index is 538. The van der Waals surface area contributed by atoms with Crippen molar-refractivity contribution in [1.29, 1.82) is 0 Å². The van der Waals surface area contributed by atoms with Crippen LogP contribution in [0.15, 0.2) is 6.20 Å². The second-order valence-corrected chi connectivity index (χ2v) is 6.36. The number of nitrogens with zero attached hydrogens (tertiary/aromatic N) is 2. The van der Waals surface area contributed by atoms with Gasteiger partial charge in [0.05, 0.1) is 6.54 Å². The van der Waals surface area contributed by atoms with E-state index in [1.54, 1.807) is 6.20 Å². The highest BCUT2D eigenvalue weighted by Gasteiger charge is 2.51. The predicted molar refractivity (Wildman–Crippen MR) is 74.8 cm³/mol. The van der Waals surface area contributed by atoms with E-state index in [2.05, 4.69) is 15.7 Å². The number of carbonyl (C=O) groups excluding carboxylic acids is 2. The number of thiazole rings is 1. The van der Waals surface area contributed by atoms with Crippen LogP contribution in [0, 0.1) is 0 Å². The van der Waals surface area contributed by atoms with E-state index in [-0.39, 0.29) is 18.5 Å². The van der Waals surface area contributed by atoms with E-state index in [0.29, 0.717) is 5.13 Å². The molecule has 3 amide bonds. The van der Waals surface area contributed by atoms with Gasteiger partial charge in [-0.25, -0.2) is 15.6 Å². The molecule has 3 rings (SSSR count). The van der Waals surface area contributed by atoms with Gasteiger partial charge < -0.3 is 5.32 Å². The van der Waals surface area contributed by atoms with E-state index in [1.807, 2.05) is 0 Å². The first-order valence-corrected chi connectivity index (χ1v) is 7.52. The van der Waals surface area contributed by atoms with Crippen molar-refractivity contribution in [3.8, 4) is 0 Å². The standard InChI is InChI=1S/C12H17N5O2S/c13-16-10-14-6-8(20-10)7-17-9(18)12(15-11(17)19)4-2-1-3-5-12/h6H,1-5,7,13H2,(H,14,16)(H,15,19). The van der Waals surface area contributed by atoms with Gasteiger partial charge in [0.15, 0.2) is 5.13 Å². The van der Waals surface area contributed by atoms with Crippen LogP contribution in [0.5, 0.6) is 0 Å². The molecule has 1 aromatic rings. The van der Waals surface area contributed by atoms with Crippen LogP contribution in [0.4, 0.5) is 9.93 Å². The highest BCUT2D eigenvalue weighted by atomic mass is 32.1. The summed E-state index contributed by atoms with van der Waals surface area (Å²) >= 11 is 1.34. The number of anilines is 1. The Hall–Kier alpha value is -1.67. The van der Waals surface area contributed by atoms with Crippen molar-refractivity contribution in [1.82, 2.24) is 15.2 Å². The Kier molecular flexibility index (Phi) is 3.35. The molecule has 1 aliphatic carbocycles. The molecular weight excluding hydrogens is 278 g/mol. The topological polar surface area (TPSA) is 100 Å². The maximum absolute atomic E-state index is 12.6. The quantitative estimate of drug-likeness (QED) is 0.442. The number of rotatable bonds is 3. The molecular formula is C12H17N5O2S. The third-order valence-corrected chi connectivity index (χ3v) is 4.86. The fourth-order valence-corrected chi connectivity index (χ4v) is 3.63. The first-order chi connectivity index (χ1) is 9.64. The van der Waals surface area contributed by atoms with Gasteiger partial charge in [0, 0.05) is 11.1 Å². The molecule has 1 aromatic heterocycles. The molecule has 20 heavy (non-hydrogen) atoms. The lowest BCUT2D eigenvalue weighted by Crippen LogP contribution is -2.48. The van der Waals surface area contributed by atoms with E-state index in [0.717, 1.165) is 37.0 Å². The summed E-state index contributed by atoms with van der Waals surface area (Å²) in [5, 5.41) is 3.46. The molecule has 1 saturated carbocycles. The summed E-state index contributed by atoms with van der Waals surface area (Å²) < 4.78 is 0. The van der Waals surface area contributed by atoms with Gasteiger partial charge in [-0.05, 0) is 12.8 Å². The molecule has 2 heterocycles. The smallest absolute Gasteiger partial charge is 0.323 e. The highest BCUT2D eigenvalue weighted by molar-refractivity contribution is 7.15. The number of imide groups is 1. The number of hydrogen-bond acceptors (Lipinski definition) is 6. The fraction of sp³-hybridized carbons (Fsp3) is 0.583. The lowest BCUT2D eigenvalue weighted by Gasteiger charge is -2.30. The normalized spacial score (nSPS) is 21.4. The molecule has 1 spiro atoms. The van der Waals surface area contributed by atoms with Gasteiger partial charge in [-0.1, -0.05) is 30.6 Å². The summed E-state index contributed by atoms with van der Waals surface area (Å²) in [4.78, 5) is 30.8. The molecule has 1 saturated heterocycles. The van der Waals surface area contributed by atoms with E-state index in [9.17, 15) is 9.59 Å². The summed E-state index contributed by atoms with van der Waals surface area (Å²) in [5.74, 6) is 5.18. The van der Waals surface area contributed by atoms with Crippen LogP contribution in [0.3, 0.4) is 0 Å². The Balaban J connectivity index is 1.76. The Labute approximate surface area is 120 Å². The van der Waals surface area contributed by atoms with Crippen LogP contribution in [-0.4, -0.2) is 27.4 Å². The number of amides is 3. The number of aromatic nitrogens is 1. The zero-order chi connectivity index (χ0) is 14.2. The van der Waals surface area contributed by atoms with E-state index in [1.165, 1.54) is 16.2 Å². The van der Waals surface area contributed by atoms with Crippen molar-refractivity contribution in [2.75, 3.05) is 5.43 Å². The average Bonchev–Trinajstić information content (AvgIpc) is 3.00. The van der Waals surface area contributed by atoms with Gasteiger partial charge in [-0.3, -0.25) is 15.1 Å². The molecule has 7 nitrogen and oxygen atoms in total. The number of nitrogen functional groups attached to an aromatic ring is 1. The van der Waals surface area contributed by atoms with Crippen LogP contribution in [0.2, 0.25) is 0 Å². The Morgan fingerprint density at radius 1 is 1.40 bits per heavy atom. The Morgan fingerprint density at radius 2 is 2.15 bits per heavy atom. The second kappa shape index (κ2) is 5.02. The summed E-state index contributed by atoms with van der Waals surface area (Å²) in [6.07, 6.45) is 6.22. The molecule has 108 valence electrons. The molecule has 1 aliphatic heterocycles. The number of nitrogens with two attached hydrogens (primary N) is 1. The first kappa shape index (κ1) is 13.3. The van der Waals surface area contributed by atoms with Crippen LogP contribution < -0.4 is 16.6 Å². The minimum absolute atomic E-state index is 0.0992. The molecule has 0 radical (unpaired) electrons. The monoisotopic (exact) mass is 295 g/mol. The molecule has 0 atom stereocenters. The molecule has 2 aliphatic rings. The fourth-order valence-electron chi connectivity index (χ4n) is 2.92. The van der Waals surface area contributed by atoms with Gasteiger partial charge in [0.1, 0.15) is 5.54 Å². The van der Waals surface area contributed by atoms with Crippen molar-refractivity contribution >= 4 is 28.4 Å². The summed E-state index contributed by atoms with van der Waals surface area (Å²) in [6, 6.07) is -0.299. The van der Waals surface area contributed by atoms with Crippen LogP contribution in [-0.2, 0) is 11.3 Å². The zero-order valence-electron chi connectivity index (χ0n) is 11.0. The van der Waals surface area contributed by atoms with Crippen molar-refractivity contribution in [2.24, 2.45) is 5.84 Å². The minimum atomic E-state index is -0.658. The minimum Gasteiger partial charge on any atom is -0.323 e. The molecule has 4 N–H and O–H groups in total.